The minimum absolute atomic E-state index is 0.104. The number of fused-ring (bicyclic) bond motifs is 1. The monoisotopic (exact) mass is 423 g/mol. The number of aromatic nitrogens is 1. The highest BCUT2D eigenvalue weighted by Crippen LogP contribution is 2.28. The van der Waals surface area contributed by atoms with E-state index in [1.807, 2.05) is 6.92 Å². The van der Waals surface area contributed by atoms with Gasteiger partial charge in [-0.25, -0.2) is 4.99 Å². The third-order valence-electron chi connectivity index (χ3n) is 4.46. The molecule has 0 unspecified atom stereocenters. The normalized spacial score (nSPS) is 12.4. The minimum Gasteiger partial charge on any atom is -0.494 e. The number of carbonyl (C=O) groups excluding carboxylic acids is 2. The van der Waals surface area contributed by atoms with Crippen molar-refractivity contribution in [2.45, 2.75) is 13.5 Å². The number of hydrogen-bond donors (Lipinski definition) is 2. The van der Waals surface area contributed by atoms with Crippen LogP contribution in [0.3, 0.4) is 0 Å². The molecule has 2 heterocycles. The van der Waals surface area contributed by atoms with Gasteiger partial charge in [0.05, 0.1) is 17.5 Å². The molecule has 152 valence electrons. The molecule has 1 aromatic heterocycles. The minimum atomic E-state index is -0.547. The summed E-state index contributed by atoms with van der Waals surface area (Å²) < 4.78 is 6.29. The van der Waals surface area contributed by atoms with Gasteiger partial charge in [0, 0.05) is 10.9 Å². The van der Waals surface area contributed by atoms with Crippen LogP contribution in [0.1, 0.15) is 11.8 Å². The molecule has 1 aliphatic heterocycles. The molecule has 30 heavy (non-hydrogen) atoms. The molecule has 0 atom stereocenters. The number of para-hydroxylation sites is 1. The molecule has 9 heteroatoms. The molecule has 3 aromatic rings. The molecule has 0 radical (unpaired) electrons. The topological polar surface area (TPSA) is 110 Å². The second kappa shape index (κ2) is 7.96. The molecule has 0 aliphatic carbocycles. The number of carbonyl (C=O) groups is 2. The van der Waals surface area contributed by atoms with Crippen molar-refractivity contribution in [2.75, 3.05) is 11.9 Å². The average Bonchev–Trinajstić information content (AvgIpc) is 3.19. The summed E-state index contributed by atoms with van der Waals surface area (Å²) in [5.74, 6) is -0.773. The Balaban J connectivity index is 1.59. The van der Waals surface area contributed by atoms with Gasteiger partial charge in [-0.2, -0.15) is 0 Å². The summed E-state index contributed by atoms with van der Waals surface area (Å²) in [6.45, 7) is 2.02. The first-order chi connectivity index (χ1) is 14.5. The Kier molecular flexibility index (Phi) is 5.20. The number of hydrogen-bond acceptors (Lipinski definition) is 6. The lowest BCUT2D eigenvalue weighted by molar-refractivity contribution is -0.117. The largest absolute Gasteiger partial charge is 0.494 e. The predicted molar refractivity (Wildman–Crippen MR) is 111 cm³/mol. The maximum Gasteiger partial charge on any atom is 0.311 e. The smallest absolute Gasteiger partial charge is 0.311 e. The molecule has 0 saturated heterocycles. The Morgan fingerprint density at radius 2 is 1.90 bits per heavy atom. The van der Waals surface area contributed by atoms with Crippen molar-refractivity contribution in [2.24, 2.45) is 4.99 Å². The van der Waals surface area contributed by atoms with Crippen LogP contribution in [0.15, 0.2) is 58.3 Å². The molecule has 2 amide bonds. The van der Waals surface area contributed by atoms with Gasteiger partial charge < -0.3 is 15.2 Å². The highest BCUT2D eigenvalue weighted by molar-refractivity contribution is 7.11. The van der Waals surface area contributed by atoms with Crippen LogP contribution in [0.5, 0.6) is 11.6 Å². The van der Waals surface area contributed by atoms with Crippen LogP contribution in [-0.4, -0.2) is 28.1 Å². The maximum absolute atomic E-state index is 12.4. The quantitative estimate of drug-likeness (QED) is 0.615. The first kappa shape index (κ1) is 19.6. The average molecular weight is 423 g/mol. The van der Waals surface area contributed by atoms with Crippen LogP contribution >= 0.6 is 11.3 Å². The van der Waals surface area contributed by atoms with E-state index in [1.54, 1.807) is 48.5 Å². The van der Waals surface area contributed by atoms with Crippen LogP contribution in [0.4, 0.5) is 5.69 Å². The SMILES string of the molecule is CCOc1ccc(NC(=O)Cn2c(O)c(C3=c4ccccc4=NC3=O)sc2=O)cc1. The molecular weight excluding hydrogens is 406 g/mol. The van der Waals surface area contributed by atoms with Gasteiger partial charge in [-0.1, -0.05) is 29.5 Å². The second-order valence-electron chi connectivity index (χ2n) is 6.42. The molecule has 0 fully saturated rings. The number of anilines is 1. The standard InChI is InChI=1S/C21H17N3O5S/c1-2-29-13-9-7-12(8-10-13)22-16(25)11-24-20(27)18(30-21(24)28)17-14-5-3-4-6-15(14)23-19(17)26/h3-10,27H,2,11H2,1H3,(H,22,25). The number of thiazole rings is 1. The zero-order valence-corrected chi connectivity index (χ0v) is 16.7. The molecule has 0 bridgehead atoms. The third-order valence-corrected chi connectivity index (χ3v) is 5.44. The Bertz CT molecular complexity index is 1320. The van der Waals surface area contributed by atoms with Gasteiger partial charge in [0.1, 0.15) is 17.2 Å². The van der Waals surface area contributed by atoms with Gasteiger partial charge in [-0.15, -0.1) is 0 Å². The molecule has 0 saturated carbocycles. The molecule has 2 aromatic carbocycles. The van der Waals surface area contributed by atoms with E-state index in [1.165, 1.54) is 0 Å². The van der Waals surface area contributed by atoms with Gasteiger partial charge in [0.2, 0.25) is 11.8 Å². The van der Waals surface area contributed by atoms with Crippen molar-refractivity contribution in [3.8, 4) is 11.6 Å². The van der Waals surface area contributed by atoms with Crippen LogP contribution in [0, 0.1) is 0 Å². The Hall–Kier alpha value is -3.72. The van der Waals surface area contributed by atoms with E-state index in [4.69, 9.17) is 4.74 Å². The fraction of sp³-hybridized carbons (Fsp3) is 0.143. The van der Waals surface area contributed by atoms with Gasteiger partial charge in [0.25, 0.3) is 5.91 Å². The zero-order chi connectivity index (χ0) is 21.3. The fourth-order valence-corrected chi connectivity index (χ4v) is 4.06. The van der Waals surface area contributed by atoms with Gasteiger partial charge >= 0.3 is 4.87 Å². The Morgan fingerprint density at radius 3 is 2.63 bits per heavy atom. The van der Waals surface area contributed by atoms with E-state index in [0.717, 1.165) is 4.57 Å². The lowest BCUT2D eigenvalue weighted by Gasteiger charge is -2.08. The number of nitrogens with zero attached hydrogens (tertiary/aromatic N) is 2. The maximum atomic E-state index is 12.4. The zero-order valence-electron chi connectivity index (χ0n) is 15.9. The summed E-state index contributed by atoms with van der Waals surface area (Å²) in [5, 5.41) is 14.3. The number of benzene rings is 2. The van der Waals surface area contributed by atoms with Crippen molar-refractivity contribution in [1.82, 2.24) is 4.57 Å². The number of ether oxygens (including phenoxy) is 1. The molecule has 2 N–H and O–H groups in total. The molecule has 4 rings (SSSR count). The number of aromatic hydroxyl groups is 1. The van der Waals surface area contributed by atoms with Crippen LogP contribution in [-0.2, 0) is 16.1 Å². The summed E-state index contributed by atoms with van der Waals surface area (Å²) >= 11 is 0.704. The first-order valence-corrected chi connectivity index (χ1v) is 9.97. The van der Waals surface area contributed by atoms with E-state index in [-0.39, 0.29) is 10.5 Å². The fourth-order valence-electron chi connectivity index (χ4n) is 3.13. The molecular formula is C21H17N3O5S. The highest BCUT2D eigenvalue weighted by Gasteiger charge is 2.26. The van der Waals surface area contributed by atoms with E-state index < -0.39 is 29.1 Å². The second-order valence-corrected chi connectivity index (χ2v) is 7.38. The third kappa shape index (κ3) is 3.62. The summed E-state index contributed by atoms with van der Waals surface area (Å²) in [5.41, 5.74) is 0.690. The van der Waals surface area contributed by atoms with Crippen molar-refractivity contribution < 1.29 is 19.4 Å². The number of nitrogens with one attached hydrogen (secondary N) is 1. The van der Waals surface area contributed by atoms with Crippen LogP contribution in [0.2, 0.25) is 0 Å². The summed E-state index contributed by atoms with van der Waals surface area (Å²) in [4.78, 5) is 40.6. The Morgan fingerprint density at radius 1 is 1.17 bits per heavy atom. The van der Waals surface area contributed by atoms with Crippen LogP contribution < -0.4 is 25.5 Å². The summed E-state index contributed by atoms with van der Waals surface area (Å²) in [6.07, 6.45) is 0. The molecule has 8 nitrogen and oxygen atoms in total. The molecule has 1 aliphatic rings. The number of amides is 2. The summed E-state index contributed by atoms with van der Waals surface area (Å²) in [7, 11) is 0. The lowest BCUT2D eigenvalue weighted by Crippen LogP contribution is -2.24. The predicted octanol–water partition coefficient (Wildman–Crippen LogP) is 1.01. The van der Waals surface area contributed by atoms with Crippen molar-refractivity contribution >= 4 is 34.4 Å². The highest BCUT2D eigenvalue weighted by atomic mass is 32.1. The first-order valence-electron chi connectivity index (χ1n) is 9.16. The lowest BCUT2D eigenvalue weighted by atomic mass is 10.1. The van der Waals surface area contributed by atoms with Gasteiger partial charge in [-0.3, -0.25) is 19.0 Å². The summed E-state index contributed by atoms with van der Waals surface area (Å²) in [6, 6.07) is 13.7. The Labute approximate surface area is 174 Å². The molecule has 0 spiro atoms. The van der Waals surface area contributed by atoms with Gasteiger partial charge in [0.15, 0.2) is 0 Å². The van der Waals surface area contributed by atoms with Crippen LogP contribution in [0.25, 0.3) is 5.57 Å². The van der Waals surface area contributed by atoms with Crippen molar-refractivity contribution in [3.05, 3.63) is 73.7 Å². The van der Waals surface area contributed by atoms with Crippen molar-refractivity contribution in [3.63, 3.8) is 0 Å². The van der Waals surface area contributed by atoms with E-state index in [9.17, 15) is 19.5 Å². The van der Waals surface area contributed by atoms with E-state index >= 15 is 0 Å². The number of rotatable bonds is 6. The van der Waals surface area contributed by atoms with Crippen molar-refractivity contribution in [1.29, 1.82) is 0 Å². The van der Waals surface area contributed by atoms with Gasteiger partial charge in [-0.05, 0) is 37.3 Å². The van der Waals surface area contributed by atoms with E-state index in [2.05, 4.69) is 10.3 Å². The van der Waals surface area contributed by atoms with E-state index in [0.29, 0.717) is 40.0 Å².